The molecule has 2 aromatic rings. The van der Waals surface area contributed by atoms with Gasteiger partial charge in [0.15, 0.2) is 5.17 Å². The zero-order valence-electron chi connectivity index (χ0n) is 15.4. The number of nitrogens with one attached hydrogen (secondary N) is 1. The number of amidine groups is 1. The summed E-state index contributed by atoms with van der Waals surface area (Å²) in [6.07, 6.45) is 1.64. The molecule has 0 aromatic heterocycles. The summed E-state index contributed by atoms with van der Waals surface area (Å²) < 4.78 is 13.1. The molecular formula is C21H20FN3O2S. The van der Waals surface area contributed by atoms with Gasteiger partial charge < -0.3 is 5.32 Å². The van der Waals surface area contributed by atoms with Crippen LogP contribution in [0, 0.1) is 12.7 Å². The normalized spacial score (nSPS) is 17.8. The van der Waals surface area contributed by atoms with Crippen molar-refractivity contribution in [3.8, 4) is 0 Å². The van der Waals surface area contributed by atoms with Crippen LogP contribution >= 0.6 is 11.8 Å². The van der Waals surface area contributed by atoms with Gasteiger partial charge in [0, 0.05) is 18.7 Å². The molecule has 7 heteroatoms. The third-order valence-electron chi connectivity index (χ3n) is 4.17. The van der Waals surface area contributed by atoms with E-state index in [-0.39, 0.29) is 24.1 Å². The molecule has 2 amide bonds. The van der Waals surface area contributed by atoms with Gasteiger partial charge in [-0.05, 0) is 42.8 Å². The van der Waals surface area contributed by atoms with Gasteiger partial charge in [-0.25, -0.2) is 9.38 Å². The van der Waals surface area contributed by atoms with Crippen molar-refractivity contribution in [1.29, 1.82) is 0 Å². The van der Waals surface area contributed by atoms with Gasteiger partial charge in [0.1, 0.15) is 11.1 Å². The van der Waals surface area contributed by atoms with Gasteiger partial charge in [-0.2, -0.15) is 0 Å². The summed E-state index contributed by atoms with van der Waals surface area (Å²) in [7, 11) is 0. The lowest BCUT2D eigenvalue weighted by atomic mass is 10.2. The lowest BCUT2D eigenvalue weighted by Crippen LogP contribution is -2.33. The van der Waals surface area contributed by atoms with Crippen molar-refractivity contribution >= 4 is 40.1 Å². The van der Waals surface area contributed by atoms with Gasteiger partial charge in [0.05, 0.1) is 5.69 Å². The number of anilines is 1. The predicted molar refractivity (Wildman–Crippen MR) is 111 cm³/mol. The first-order valence-corrected chi connectivity index (χ1v) is 9.64. The SMILES string of the molecule is C=CCN1C(=O)[C@H](CC(=O)Nc2ccccc2C)SC1=Nc1ccc(F)cc1. The predicted octanol–water partition coefficient (Wildman–Crippen LogP) is 4.28. The number of halogens is 1. The molecule has 1 atom stereocenters. The first-order chi connectivity index (χ1) is 13.5. The van der Waals surface area contributed by atoms with Crippen molar-refractivity contribution in [2.75, 3.05) is 11.9 Å². The van der Waals surface area contributed by atoms with E-state index >= 15 is 0 Å². The first-order valence-electron chi connectivity index (χ1n) is 8.76. The average Bonchev–Trinajstić information content (AvgIpc) is 2.94. The minimum atomic E-state index is -0.567. The summed E-state index contributed by atoms with van der Waals surface area (Å²) in [6, 6.07) is 13.2. The van der Waals surface area contributed by atoms with Crippen LogP contribution in [0.5, 0.6) is 0 Å². The minimum absolute atomic E-state index is 0.0356. The Balaban J connectivity index is 1.74. The number of carbonyl (C=O) groups excluding carboxylic acids is 2. The van der Waals surface area contributed by atoms with E-state index in [9.17, 15) is 14.0 Å². The van der Waals surface area contributed by atoms with Gasteiger partial charge in [-0.15, -0.1) is 6.58 Å². The number of benzene rings is 2. The summed E-state index contributed by atoms with van der Waals surface area (Å²) in [5.74, 6) is -0.778. The van der Waals surface area contributed by atoms with Crippen LogP contribution in [0.3, 0.4) is 0 Å². The highest BCUT2D eigenvalue weighted by molar-refractivity contribution is 8.15. The van der Waals surface area contributed by atoms with Crippen molar-refractivity contribution in [3.63, 3.8) is 0 Å². The zero-order chi connectivity index (χ0) is 20.1. The molecule has 1 fully saturated rings. The maximum Gasteiger partial charge on any atom is 0.242 e. The van der Waals surface area contributed by atoms with Crippen molar-refractivity contribution in [2.24, 2.45) is 4.99 Å². The fourth-order valence-corrected chi connectivity index (χ4v) is 3.90. The summed E-state index contributed by atoms with van der Waals surface area (Å²) >= 11 is 1.23. The number of hydrogen-bond donors (Lipinski definition) is 1. The highest BCUT2D eigenvalue weighted by Gasteiger charge is 2.38. The first kappa shape index (κ1) is 19.8. The third-order valence-corrected chi connectivity index (χ3v) is 5.35. The molecule has 1 N–H and O–H groups in total. The molecular weight excluding hydrogens is 377 g/mol. The van der Waals surface area contributed by atoms with Crippen molar-refractivity contribution in [1.82, 2.24) is 4.90 Å². The maximum absolute atomic E-state index is 13.1. The average molecular weight is 397 g/mol. The Morgan fingerprint density at radius 3 is 2.68 bits per heavy atom. The molecule has 0 bridgehead atoms. The Labute approximate surface area is 167 Å². The van der Waals surface area contributed by atoms with E-state index in [4.69, 9.17) is 0 Å². The molecule has 0 saturated carbocycles. The van der Waals surface area contributed by atoms with Crippen LogP contribution in [0.4, 0.5) is 15.8 Å². The van der Waals surface area contributed by atoms with Crippen molar-refractivity contribution < 1.29 is 14.0 Å². The van der Waals surface area contributed by atoms with E-state index in [1.54, 1.807) is 6.08 Å². The number of aliphatic imine (C=N–C) groups is 1. The summed E-state index contributed by atoms with van der Waals surface area (Å²) in [5, 5.41) is 2.76. The smallest absolute Gasteiger partial charge is 0.242 e. The number of nitrogens with zero attached hydrogens (tertiary/aromatic N) is 2. The number of carbonyl (C=O) groups is 2. The van der Waals surface area contributed by atoms with Gasteiger partial charge >= 0.3 is 0 Å². The molecule has 1 saturated heterocycles. The van der Waals surface area contributed by atoms with Crippen LogP contribution in [-0.2, 0) is 9.59 Å². The van der Waals surface area contributed by atoms with Gasteiger partial charge in [-0.1, -0.05) is 36.0 Å². The lowest BCUT2D eigenvalue weighted by Gasteiger charge is -2.14. The van der Waals surface area contributed by atoms with E-state index in [0.29, 0.717) is 17.4 Å². The monoisotopic (exact) mass is 397 g/mol. The van der Waals surface area contributed by atoms with Crippen LogP contribution in [0.2, 0.25) is 0 Å². The zero-order valence-corrected chi connectivity index (χ0v) is 16.2. The topological polar surface area (TPSA) is 61.8 Å². The second kappa shape index (κ2) is 8.84. The molecule has 144 valence electrons. The maximum atomic E-state index is 13.1. The summed E-state index contributed by atoms with van der Waals surface area (Å²) in [5.41, 5.74) is 2.22. The van der Waals surface area contributed by atoms with Gasteiger partial charge in [0.2, 0.25) is 11.8 Å². The molecule has 5 nitrogen and oxygen atoms in total. The van der Waals surface area contributed by atoms with Gasteiger partial charge in [0.25, 0.3) is 0 Å². The molecule has 0 radical (unpaired) electrons. The second-order valence-corrected chi connectivity index (χ2v) is 7.45. The standard InChI is InChI=1S/C21H20FN3O2S/c1-3-12-25-20(27)18(13-19(26)24-17-7-5-4-6-14(17)2)28-21(25)23-16-10-8-15(22)9-11-16/h3-11,18H,1,12-13H2,2H3,(H,24,26)/t18-/m0/s1. The molecule has 1 aliphatic rings. The largest absolute Gasteiger partial charge is 0.326 e. The number of amides is 2. The molecule has 3 rings (SSSR count). The number of rotatable bonds is 6. The fourth-order valence-electron chi connectivity index (χ4n) is 2.73. The summed E-state index contributed by atoms with van der Waals surface area (Å²) in [4.78, 5) is 31.1. The van der Waals surface area contributed by atoms with E-state index in [1.165, 1.54) is 40.9 Å². The van der Waals surface area contributed by atoms with E-state index in [0.717, 1.165) is 11.3 Å². The summed E-state index contributed by atoms with van der Waals surface area (Å²) in [6.45, 7) is 5.88. The molecule has 28 heavy (non-hydrogen) atoms. The second-order valence-electron chi connectivity index (χ2n) is 6.28. The van der Waals surface area contributed by atoms with E-state index in [1.807, 2.05) is 31.2 Å². The molecule has 0 aliphatic carbocycles. The van der Waals surface area contributed by atoms with Crippen molar-refractivity contribution in [3.05, 3.63) is 72.6 Å². The number of aryl methyl sites for hydroxylation is 1. The molecule has 1 aliphatic heterocycles. The minimum Gasteiger partial charge on any atom is -0.326 e. The Hall–Kier alpha value is -2.93. The lowest BCUT2D eigenvalue weighted by molar-refractivity contribution is -0.127. The number of para-hydroxylation sites is 1. The highest BCUT2D eigenvalue weighted by Crippen LogP contribution is 2.32. The third kappa shape index (κ3) is 4.67. The fraction of sp³-hybridized carbons (Fsp3) is 0.190. The highest BCUT2D eigenvalue weighted by atomic mass is 32.2. The van der Waals surface area contributed by atoms with Crippen LogP contribution in [0.15, 0.2) is 66.2 Å². The van der Waals surface area contributed by atoms with Crippen LogP contribution in [-0.4, -0.2) is 33.7 Å². The molecule has 2 aromatic carbocycles. The Kier molecular flexibility index (Phi) is 6.26. The van der Waals surface area contributed by atoms with Crippen LogP contribution in [0.1, 0.15) is 12.0 Å². The quantitative estimate of drug-likeness (QED) is 0.740. The Bertz CT molecular complexity index is 928. The van der Waals surface area contributed by atoms with E-state index in [2.05, 4.69) is 16.9 Å². The molecule has 0 unspecified atom stereocenters. The Morgan fingerprint density at radius 1 is 1.29 bits per heavy atom. The van der Waals surface area contributed by atoms with E-state index < -0.39 is 5.25 Å². The molecule has 0 spiro atoms. The van der Waals surface area contributed by atoms with Gasteiger partial charge in [-0.3, -0.25) is 14.5 Å². The molecule has 1 heterocycles. The van der Waals surface area contributed by atoms with Crippen LogP contribution < -0.4 is 5.32 Å². The van der Waals surface area contributed by atoms with Crippen molar-refractivity contribution in [2.45, 2.75) is 18.6 Å². The Morgan fingerprint density at radius 2 is 2.00 bits per heavy atom. The van der Waals surface area contributed by atoms with Crippen LogP contribution in [0.25, 0.3) is 0 Å². The number of thioether (sulfide) groups is 1. The number of hydrogen-bond acceptors (Lipinski definition) is 4.